The predicted molar refractivity (Wildman–Crippen MR) is 71.1 cm³/mol. The first-order valence-electron chi connectivity index (χ1n) is 6.62. The van der Waals surface area contributed by atoms with Crippen LogP contribution in [0.25, 0.3) is 0 Å². The van der Waals surface area contributed by atoms with Crippen LogP contribution in [0, 0.1) is 0 Å². The highest BCUT2D eigenvalue weighted by molar-refractivity contribution is 5.94. The molecular formula is C14H15F3N2O3. The monoisotopic (exact) mass is 316 g/mol. The number of likely N-dealkylation sites (tertiary alicyclic amines) is 1. The van der Waals surface area contributed by atoms with E-state index in [-0.39, 0.29) is 31.5 Å². The number of nitrogens with two attached hydrogens (primary N) is 1. The van der Waals surface area contributed by atoms with Crippen molar-refractivity contribution in [2.75, 3.05) is 13.1 Å². The fourth-order valence-corrected chi connectivity index (χ4v) is 2.31. The van der Waals surface area contributed by atoms with Gasteiger partial charge in [-0.1, -0.05) is 0 Å². The Morgan fingerprint density at radius 1 is 1.14 bits per heavy atom. The van der Waals surface area contributed by atoms with Gasteiger partial charge in [-0.15, -0.1) is 0 Å². The van der Waals surface area contributed by atoms with Crippen molar-refractivity contribution in [3.8, 4) is 0 Å². The van der Waals surface area contributed by atoms with Crippen LogP contribution in [0.5, 0.6) is 0 Å². The van der Waals surface area contributed by atoms with Crippen molar-refractivity contribution in [3.05, 3.63) is 35.4 Å². The Morgan fingerprint density at radius 2 is 1.64 bits per heavy atom. The Kier molecular flexibility index (Phi) is 4.15. The lowest BCUT2D eigenvalue weighted by atomic mass is 9.88. The molecule has 1 aromatic carbocycles. The topological polar surface area (TPSA) is 83.6 Å². The summed E-state index contributed by atoms with van der Waals surface area (Å²) in [5.41, 5.74) is 3.67. The summed E-state index contributed by atoms with van der Waals surface area (Å²) in [5, 5.41) is 9.01. The fourth-order valence-electron chi connectivity index (χ4n) is 2.31. The highest BCUT2D eigenvalue weighted by Gasteiger charge is 2.39. The smallest absolute Gasteiger partial charge is 0.416 e. The maximum Gasteiger partial charge on any atom is 0.416 e. The summed E-state index contributed by atoms with van der Waals surface area (Å²) in [6.07, 6.45) is -4.24. The minimum atomic E-state index is -4.45. The van der Waals surface area contributed by atoms with Gasteiger partial charge in [-0.2, -0.15) is 13.2 Å². The molecule has 3 N–H and O–H groups in total. The Balaban J connectivity index is 2.06. The van der Waals surface area contributed by atoms with Gasteiger partial charge in [0.1, 0.15) is 5.54 Å². The highest BCUT2D eigenvalue weighted by atomic mass is 19.4. The molecule has 8 heteroatoms. The molecule has 1 saturated heterocycles. The second-order valence-corrected chi connectivity index (χ2v) is 5.33. The van der Waals surface area contributed by atoms with Crippen LogP contribution >= 0.6 is 0 Å². The molecule has 1 aliphatic rings. The molecule has 0 aromatic heterocycles. The quantitative estimate of drug-likeness (QED) is 0.870. The molecule has 1 aliphatic heterocycles. The van der Waals surface area contributed by atoms with Gasteiger partial charge in [0.25, 0.3) is 5.91 Å². The van der Waals surface area contributed by atoms with E-state index in [1.165, 1.54) is 4.90 Å². The van der Waals surface area contributed by atoms with Gasteiger partial charge in [0.15, 0.2) is 0 Å². The predicted octanol–water partition coefficient (Wildman–Crippen LogP) is 1.72. The average molecular weight is 316 g/mol. The molecular weight excluding hydrogens is 301 g/mol. The number of benzene rings is 1. The van der Waals surface area contributed by atoms with Crippen LogP contribution in [0.3, 0.4) is 0 Å². The van der Waals surface area contributed by atoms with Gasteiger partial charge in [-0.25, -0.2) is 0 Å². The Morgan fingerprint density at radius 3 is 2.05 bits per heavy atom. The molecule has 0 unspecified atom stereocenters. The highest BCUT2D eigenvalue weighted by Crippen LogP contribution is 2.29. The number of rotatable bonds is 2. The van der Waals surface area contributed by atoms with Crippen LogP contribution in [-0.2, 0) is 11.0 Å². The third-order valence-electron chi connectivity index (χ3n) is 3.83. The molecule has 1 heterocycles. The number of carboxylic acid groups (broad SMARTS) is 1. The van der Waals surface area contributed by atoms with E-state index < -0.39 is 29.2 Å². The molecule has 0 spiro atoms. The number of carboxylic acids is 1. The number of nitrogens with zero attached hydrogens (tertiary/aromatic N) is 1. The molecule has 120 valence electrons. The van der Waals surface area contributed by atoms with Gasteiger partial charge in [-0.3, -0.25) is 9.59 Å². The van der Waals surface area contributed by atoms with E-state index in [0.717, 1.165) is 24.3 Å². The van der Waals surface area contributed by atoms with E-state index in [2.05, 4.69) is 0 Å². The molecule has 2 rings (SSSR count). The number of aliphatic carboxylic acids is 1. The summed E-state index contributed by atoms with van der Waals surface area (Å²) in [7, 11) is 0. The fraction of sp³-hybridized carbons (Fsp3) is 0.429. The van der Waals surface area contributed by atoms with Crippen LogP contribution in [0.1, 0.15) is 28.8 Å². The first-order chi connectivity index (χ1) is 10.1. The maximum atomic E-state index is 12.5. The van der Waals surface area contributed by atoms with Crippen molar-refractivity contribution in [2.24, 2.45) is 5.73 Å². The van der Waals surface area contributed by atoms with E-state index >= 15 is 0 Å². The minimum Gasteiger partial charge on any atom is -0.480 e. The first-order valence-corrected chi connectivity index (χ1v) is 6.62. The van der Waals surface area contributed by atoms with Crippen molar-refractivity contribution in [3.63, 3.8) is 0 Å². The lowest BCUT2D eigenvalue weighted by molar-refractivity contribution is -0.145. The zero-order valence-electron chi connectivity index (χ0n) is 11.6. The van der Waals surface area contributed by atoms with Gasteiger partial charge in [0, 0.05) is 18.7 Å². The zero-order chi connectivity index (χ0) is 16.5. The maximum absolute atomic E-state index is 12.5. The third-order valence-corrected chi connectivity index (χ3v) is 3.83. The lowest BCUT2D eigenvalue weighted by Gasteiger charge is -2.36. The van der Waals surface area contributed by atoms with Crippen LogP contribution in [-0.4, -0.2) is 40.5 Å². The van der Waals surface area contributed by atoms with Gasteiger partial charge in [0.05, 0.1) is 5.56 Å². The van der Waals surface area contributed by atoms with Gasteiger partial charge in [-0.05, 0) is 37.1 Å². The lowest BCUT2D eigenvalue weighted by Crippen LogP contribution is -2.56. The zero-order valence-corrected chi connectivity index (χ0v) is 11.6. The van der Waals surface area contributed by atoms with Gasteiger partial charge >= 0.3 is 12.1 Å². The van der Waals surface area contributed by atoms with E-state index in [0.29, 0.717) is 0 Å². The molecule has 1 amide bonds. The van der Waals surface area contributed by atoms with E-state index in [1.807, 2.05) is 0 Å². The summed E-state index contributed by atoms with van der Waals surface area (Å²) in [6.45, 7) is 0.311. The summed E-state index contributed by atoms with van der Waals surface area (Å²) < 4.78 is 37.4. The van der Waals surface area contributed by atoms with Crippen molar-refractivity contribution >= 4 is 11.9 Å². The third kappa shape index (κ3) is 3.22. The number of halogens is 3. The standard InChI is InChI=1S/C14H15F3N2O3/c15-14(16,17)10-3-1-9(2-4-10)11(20)19-7-5-13(18,6-8-19)12(21)22/h1-4H,5-8,18H2,(H,21,22). The van der Waals surface area contributed by atoms with Crippen molar-refractivity contribution < 1.29 is 27.9 Å². The summed E-state index contributed by atoms with van der Waals surface area (Å²) in [5.74, 6) is -1.55. The Hall–Kier alpha value is -2.09. The number of amides is 1. The van der Waals surface area contributed by atoms with Crippen LogP contribution in [0.4, 0.5) is 13.2 Å². The van der Waals surface area contributed by atoms with Gasteiger partial charge < -0.3 is 15.7 Å². The Labute approximate surface area is 124 Å². The van der Waals surface area contributed by atoms with Gasteiger partial charge in [0.2, 0.25) is 0 Å². The number of hydrogen-bond donors (Lipinski definition) is 2. The normalized spacial score (nSPS) is 18.1. The van der Waals surface area contributed by atoms with E-state index in [9.17, 15) is 22.8 Å². The Bertz CT molecular complexity index is 576. The summed E-state index contributed by atoms with van der Waals surface area (Å²) in [4.78, 5) is 24.6. The summed E-state index contributed by atoms with van der Waals surface area (Å²) >= 11 is 0. The molecule has 1 fully saturated rings. The van der Waals surface area contributed by atoms with Crippen molar-refractivity contribution in [1.82, 2.24) is 4.90 Å². The van der Waals surface area contributed by atoms with Crippen LogP contribution in [0.15, 0.2) is 24.3 Å². The van der Waals surface area contributed by atoms with E-state index in [4.69, 9.17) is 10.8 Å². The number of piperidine rings is 1. The van der Waals surface area contributed by atoms with Crippen molar-refractivity contribution in [1.29, 1.82) is 0 Å². The molecule has 0 aliphatic carbocycles. The van der Waals surface area contributed by atoms with Crippen molar-refractivity contribution in [2.45, 2.75) is 24.6 Å². The number of carbonyl (C=O) groups excluding carboxylic acids is 1. The molecule has 0 saturated carbocycles. The number of hydrogen-bond acceptors (Lipinski definition) is 3. The van der Waals surface area contributed by atoms with E-state index in [1.54, 1.807) is 0 Å². The SMILES string of the molecule is NC1(C(=O)O)CCN(C(=O)c2ccc(C(F)(F)F)cc2)CC1. The first kappa shape index (κ1) is 16.3. The largest absolute Gasteiger partial charge is 0.480 e. The average Bonchev–Trinajstić information content (AvgIpc) is 2.46. The molecule has 22 heavy (non-hydrogen) atoms. The summed E-state index contributed by atoms with van der Waals surface area (Å²) in [6, 6.07) is 3.93. The minimum absolute atomic E-state index is 0.106. The molecule has 0 bridgehead atoms. The number of carbonyl (C=O) groups is 2. The number of alkyl halides is 3. The molecule has 5 nitrogen and oxygen atoms in total. The van der Waals surface area contributed by atoms with Crippen LogP contribution in [0.2, 0.25) is 0 Å². The molecule has 1 aromatic rings. The van der Waals surface area contributed by atoms with Crippen LogP contribution < -0.4 is 5.73 Å². The molecule has 0 radical (unpaired) electrons. The second kappa shape index (κ2) is 5.60. The second-order valence-electron chi connectivity index (χ2n) is 5.33. The molecule has 0 atom stereocenters.